The highest BCUT2D eigenvalue weighted by Gasteiger charge is 2.23. The molecule has 0 aromatic heterocycles. The van der Waals surface area contributed by atoms with E-state index in [-0.39, 0.29) is 0 Å². The van der Waals surface area contributed by atoms with Gasteiger partial charge in [-0.1, -0.05) is 24.3 Å². The van der Waals surface area contributed by atoms with Crippen molar-refractivity contribution in [3.63, 3.8) is 0 Å². The van der Waals surface area contributed by atoms with Crippen LogP contribution in [-0.4, -0.2) is 30.6 Å². The number of hydrogen-bond acceptors (Lipinski definition) is 2. The minimum Gasteiger partial charge on any atom is -0.369 e. The average molecular weight is 242 g/mol. The summed E-state index contributed by atoms with van der Waals surface area (Å²) in [6, 6.07) is 7.42. The Morgan fingerprint density at radius 1 is 1.17 bits per heavy atom. The lowest BCUT2D eigenvalue weighted by molar-refractivity contribution is 0.344. The molecule has 0 aliphatic carbocycles. The SMILES string of the molecule is CC(C)N1CCc2c(CN3CC=CC3)cccc21. The predicted molar refractivity (Wildman–Crippen MR) is 77.0 cm³/mol. The van der Waals surface area contributed by atoms with Crippen molar-refractivity contribution >= 4 is 5.69 Å². The normalized spacial score (nSPS) is 18.9. The molecule has 0 N–H and O–H groups in total. The van der Waals surface area contributed by atoms with Crippen LogP contribution < -0.4 is 4.90 Å². The van der Waals surface area contributed by atoms with Crippen molar-refractivity contribution in [1.29, 1.82) is 0 Å². The molecule has 0 unspecified atom stereocenters. The van der Waals surface area contributed by atoms with Gasteiger partial charge in [-0.25, -0.2) is 0 Å². The Kier molecular flexibility index (Phi) is 3.13. The van der Waals surface area contributed by atoms with Crippen LogP contribution in [0.25, 0.3) is 0 Å². The molecular weight excluding hydrogens is 220 g/mol. The second kappa shape index (κ2) is 4.77. The summed E-state index contributed by atoms with van der Waals surface area (Å²) in [5.41, 5.74) is 4.58. The van der Waals surface area contributed by atoms with Crippen LogP contribution in [0.15, 0.2) is 30.4 Å². The van der Waals surface area contributed by atoms with E-state index in [0.717, 1.165) is 19.6 Å². The van der Waals surface area contributed by atoms with Crippen LogP contribution in [0.1, 0.15) is 25.0 Å². The topological polar surface area (TPSA) is 6.48 Å². The fourth-order valence-electron chi connectivity index (χ4n) is 3.11. The first kappa shape index (κ1) is 11.8. The van der Waals surface area contributed by atoms with E-state index in [4.69, 9.17) is 0 Å². The summed E-state index contributed by atoms with van der Waals surface area (Å²) in [5, 5.41) is 0. The molecule has 0 saturated carbocycles. The van der Waals surface area contributed by atoms with Gasteiger partial charge in [-0.15, -0.1) is 0 Å². The molecule has 0 radical (unpaired) electrons. The molecule has 0 saturated heterocycles. The molecule has 0 amide bonds. The van der Waals surface area contributed by atoms with Crippen molar-refractivity contribution in [3.8, 4) is 0 Å². The molecule has 0 bridgehead atoms. The smallest absolute Gasteiger partial charge is 0.0405 e. The summed E-state index contributed by atoms with van der Waals surface area (Å²) in [6.45, 7) is 9.07. The number of nitrogens with zero attached hydrogens (tertiary/aromatic N) is 2. The van der Waals surface area contributed by atoms with Gasteiger partial charge in [-0.3, -0.25) is 4.90 Å². The molecule has 2 aliphatic rings. The minimum absolute atomic E-state index is 0.606. The Morgan fingerprint density at radius 3 is 2.67 bits per heavy atom. The van der Waals surface area contributed by atoms with Gasteiger partial charge in [0, 0.05) is 37.9 Å². The van der Waals surface area contributed by atoms with E-state index in [1.807, 2.05) is 0 Å². The molecule has 1 aromatic rings. The molecule has 0 atom stereocenters. The third kappa shape index (κ3) is 2.05. The summed E-state index contributed by atoms with van der Waals surface area (Å²) in [5.74, 6) is 0. The molecular formula is C16H22N2. The van der Waals surface area contributed by atoms with Gasteiger partial charge in [-0.2, -0.15) is 0 Å². The molecule has 3 rings (SSSR count). The molecule has 1 aromatic carbocycles. The van der Waals surface area contributed by atoms with Gasteiger partial charge in [-0.05, 0) is 37.5 Å². The van der Waals surface area contributed by atoms with E-state index in [0.29, 0.717) is 6.04 Å². The third-order valence-corrected chi connectivity index (χ3v) is 4.07. The summed E-state index contributed by atoms with van der Waals surface area (Å²) >= 11 is 0. The Hall–Kier alpha value is -1.28. The first-order valence-electron chi connectivity index (χ1n) is 7.00. The number of anilines is 1. The number of rotatable bonds is 3. The van der Waals surface area contributed by atoms with Crippen molar-refractivity contribution in [2.75, 3.05) is 24.5 Å². The lowest BCUT2D eigenvalue weighted by atomic mass is 10.0. The highest BCUT2D eigenvalue weighted by molar-refractivity contribution is 5.61. The predicted octanol–water partition coefficient (Wildman–Crippen LogP) is 2.83. The van der Waals surface area contributed by atoms with Gasteiger partial charge in [0.25, 0.3) is 0 Å². The fraction of sp³-hybridized carbons (Fsp3) is 0.500. The van der Waals surface area contributed by atoms with Gasteiger partial charge in [0.15, 0.2) is 0 Å². The molecule has 2 nitrogen and oxygen atoms in total. The largest absolute Gasteiger partial charge is 0.369 e. The van der Waals surface area contributed by atoms with Crippen molar-refractivity contribution in [2.45, 2.75) is 32.9 Å². The van der Waals surface area contributed by atoms with Crippen molar-refractivity contribution in [3.05, 3.63) is 41.5 Å². The van der Waals surface area contributed by atoms with Crippen molar-refractivity contribution < 1.29 is 0 Å². The standard InChI is InChI=1S/C16H22N2/c1-13(2)18-11-8-15-14(6-5-7-16(15)18)12-17-9-3-4-10-17/h3-7,13H,8-12H2,1-2H3. The summed E-state index contributed by atoms with van der Waals surface area (Å²) in [6.07, 6.45) is 5.75. The summed E-state index contributed by atoms with van der Waals surface area (Å²) in [4.78, 5) is 5.02. The van der Waals surface area contributed by atoms with Gasteiger partial charge < -0.3 is 4.90 Å². The van der Waals surface area contributed by atoms with E-state index in [9.17, 15) is 0 Å². The maximum atomic E-state index is 2.53. The van der Waals surface area contributed by atoms with Crippen LogP contribution in [0, 0.1) is 0 Å². The van der Waals surface area contributed by atoms with Crippen molar-refractivity contribution in [1.82, 2.24) is 4.90 Å². The van der Waals surface area contributed by atoms with Gasteiger partial charge in [0.1, 0.15) is 0 Å². The lowest BCUT2D eigenvalue weighted by Gasteiger charge is -2.24. The maximum Gasteiger partial charge on any atom is 0.0405 e. The van der Waals surface area contributed by atoms with Gasteiger partial charge in [0.05, 0.1) is 0 Å². The van der Waals surface area contributed by atoms with Crippen LogP contribution in [0.2, 0.25) is 0 Å². The van der Waals surface area contributed by atoms with Crippen LogP contribution in [0.5, 0.6) is 0 Å². The highest BCUT2D eigenvalue weighted by atomic mass is 15.2. The van der Waals surface area contributed by atoms with Crippen molar-refractivity contribution in [2.24, 2.45) is 0 Å². The molecule has 96 valence electrons. The van der Waals surface area contributed by atoms with Crippen LogP contribution in [-0.2, 0) is 13.0 Å². The van der Waals surface area contributed by atoms with Crippen LogP contribution in [0.4, 0.5) is 5.69 Å². The van der Waals surface area contributed by atoms with Gasteiger partial charge in [0.2, 0.25) is 0 Å². The molecule has 0 fully saturated rings. The van der Waals surface area contributed by atoms with E-state index in [2.05, 4.69) is 54.0 Å². The molecule has 2 heterocycles. The number of hydrogen-bond donors (Lipinski definition) is 0. The quantitative estimate of drug-likeness (QED) is 0.752. The fourth-order valence-corrected chi connectivity index (χ4v) is 3.11. The van der Waals surface area contributed by atoms with E-state index in [1.54, 1.807) is 5.56 Å². The highest BCUT2D eigenvalue weighted by Crippen LogP contribution is 2.32. The Labute approximate surface area is 110 Å². The number of fused-ring (bicyclic) bond motifs is 1. The zero-order valence-electron chi connectivity index (χ0n) is 11.4. The second-order valence-corrected chi connectivity index (χ2v) is 5.62. The van der Waals surface area contributed by atoms with Crippen LogP contribution >= 0.6 is 0 Å². The zero-order chi connectivity index (χ0) is 12.5. The molecule has 0 spiro atoms. The molecule has 2 aliphatic heterocycles. The maximum absolute atomic E-state index is 2.53. The Bertz CT molecular complexity index is 454. The average Bonchev–Trinajstić information content (AvgIpc) is 2.97. The summed E-state index contributed by atoms with van der Waals surface area (Å²) < 4.78 is 0. The molecule has 2 heteroatoms. The minimum atomic E-state index is 0.606. The van der Waals surface area contributed by atoms with Crippen LogP contribution in [0.3, 0.4) is 0 Å². The Morgan fingerprint density at radius 2 is 1.94 bits per heavy atom. The Balaban J connectivity index is 1.84. The van der Waals surface area contributed by atoms with E-state index >= 15 is 0 Å². The second-order valence-electron chi connectivity index (χ2n) is 5.62. The lowest BCUT2D eigenvalue weighted by Crippen LogP contribution is -2.28. The van der Waals surface area contributed by atoms with Gasteiger partial charge >= 0.3 is 0 Å². The molecule has 18 heavy (non-hydrogen) atoms. The first-order chi connectivity index (χ1) is 8.75. The summed E-state index contributed by atoms with van der Waals surface area (Å²) in [7, 11) is 0. The first-order valence-corrected chi connectivity index (χ1v) is 7.00. The monoisotopic (exact) mass is 242 g/mol. The zero-order valence-corrected chi connectivity index (χ0v) is 11.4. The van der Waals surface area contributed by atoms with E-state index in [1.165, 1.54) is 24.2 Å². The third-order valence-electron chi connectivity index (χ3n) is 4.07. The van der Waals surface area contributed by atoms with E-state index < -0.39 is 0 Å². The number of benzene rings is 1.